The van der Waals surface area contributed by atoms with E-state index in [4.69, 9.17) is 0 Å². The average Bonchev–Trinajstić information content (AvgIpc) is 3.42. The number of carbonyl (C=O) groups is 1. The minimum absolute atomic E-state index is 0.0966. The highest BCUT2D eigenvalue weighted by Crippen LogP contribution is 2.51. The quantitative estimate of drug-likeness (QED) is 0.773. The SMILES string of the molecule is CS(=O)(=O)N1CCc2c(nc([C@H]3CCCN3C(=O)C3(c4ccccc4)CC3)[nH]c2=O)C1. The van der Waals surface area contributed by atoms with Gasteiger partial charge in [0.2, 0.25) is 15.9 Å². The summed E-state index contributed by atoms with van der Waals surface area (Å²) in [7, 11) is -3.36. The van der Waals surface area contributed by atoms with Crippen molar-refractivity contribution in [1.29, 1.82) is 0 Å². The van der Waals surface area contributed by atoms with Crippen molar-refractivity contribution >= 4 is 15.9 Å². The summed E-state index contributed by atoms with van der Waals surface area (Å²) >= 11 is 0. The molecule has 8 nitrogen and oxygen atoms in total. The van der Waals surface area contributed by atoms with Crippen LogP contribution in [0.25, 0.3) is 0 Å². The van der Waals surface area contributed by atoms with Crippen molar-refractivity contribution in [3.05, 3.63) is 63.3 Å². The lowest BCUT2D eigenvalue weighted by atomic mass is 9.94. The molecule has 2 aromatic rings. The van der Waals surface area contributed by atoms with E-state index in [-0.39, 0.29) is 30.6 Å². The summed E-state index contributed by atoms with van der Waals surface area (Å²) in [6.45, 7) is 1.01. The number of hydrogen-bond donors (Lipinski definition) is 1. The number of H-pyrrole nitrogens is 1. The predicted molar refractivity (Wildman–Crippen MR) is 115 cm³/mol. The number of fused-ring (bicyclic) bond motifs is 1. The van der Waals surface area contributed by atoms with E-state index in [1.54, 1.807) is 0 Å². The van der Waals surface area contributed by atoms with Gasteiger partial charge in [0.25, 0.3) is 5.56 Å². The Hall–Kier alpha value is -2.52. The number of hydrogen-bond acceptors (Lipinski definition) is 5. The van der Waals surface area contributed by atoms with Gasteiger partial charge >= 0.3 is 0 Å². The summed E-state index contributed by atoms with van der Waals surface area (Å²) in [6, 6.07) is 9.59. The minimum atomic E-state index is -3.36. The van der Waals surface area contributed by atoms with Crippen molar-refractivity contribution in [3.8, 4) is 0 Å². The summed E-state index contributed by atoms with van der Waals surface area (Å²) in [6.07, 6.45) is 4.75. The van der Waals surface area contributed by atoms with Gasteiger partial charge in [0.15, 0.2) is 0 Å². The Morgan fingerprint density at radius 1 is 1.19 bits per heavy atom. The second kappa shape index (κ2) is 7.27. The lowest BCUT2D eigenvalue weighted by Crippen LogP contribution is -2.41. The van der Waals surface area contributed by atoms with E-state index in [1.807, 2.05) is 35.2 Å². The first-order chi connectivity index (χ1) is 14.8. The zero-order valence-corrected chi connectivity index (χ0v) is 18.3. The summed E-state index contributed by atoms with van der Waals surface area (Å²) in [5.74, 6) is 0.563. The van der Waals surface area contributed by atoms with Crippen LogP contribution in [0.1, 0.15) is 54.4 Å². The molecule has 1 N–H and O–H groups in total. The maximum Gasteiger partial charge on any atom is 0.254 e. The van der Waals surface area contributed by atoms with Gasteiger partial charge in [-0.25, -0.2) is 13.4 Å². The number of rotatable bonds is 4. The molecule has 1 aliphatic carbocycles. The third-order valence-electron chi connectivity index (χ3n) is 6.84. The molecule has 0 unspecified atom stereocenters. The van der Waals surface area contributed by atoms with E-state index in [9.17, 15) is 18.0 Å². The van der Waals surface area contributed by atoms with Crippen LogP contribution in [0.2, 0.25) is 0 Å². The third-order valence-corrected chi connectivity index (χ3v) is 8.09. The molecule has 0 spiro atoms. The molecule has 1 aromatic heterocycles. The number of aromatic nitrogens is 2. The highest BCUT2D eigenvalue weighted by molar-refractivity contribution is 7.88. The average molecular weight is 443 g/mol. The fourth-order valence-corrected chi connectivity index (χ4v) is 5.73. The lowest BCUT2D eigenvalue weighted by Gasteiger charge is -2.30. The van der Waals surface area contributed by atoms with Gasteiger partial charge in [-0.3, -0.25) is 9.59 Å². The number of nitrogens with zero attached hydrogens (tertiary/aromatic N) is 3. The topological polar surface area (TPSA) is 103 Å². The molecule has 5 rings (SSSR count). The molecule has 1 atom stereocenters. The minimum Gasteiger partial charge on any atom is -0.332 e. The van der Waals surface area contributed by atoms with Crippen LogP contribution in [0.15, 0.2) is 35.1 Å². The molecule has 2 aliphatic heterocycles. The van der Waals surface area contributed by atoms with Gasteiger partial charge in [0, 0.05) is 18.7 Å². The van der Waals surface area contributed by atoms with Crippen LogP contribution in [-0.4, -0.2) is 52.8 Å². The highest BCUT2D eigenvalue weighted by atomic mass is 32.2. The Morgan fingerprint density at radius 2 is 1.94 bits per heavy atom. The summed E-state index contributed by atoms with van der Waals surface area (Å²) in [5.41, 5.74) is 1.39. The molecule has 1 amide bonds. The fraction of sp³-hybridized carbons (Fsp3) is 0.500. The molecule has 3 heterocycles. The largest absolute Gasteiger partial charge is 0.332 e. The van der Waals surface area contributed by atoms with Crippen LogP contribution in [0, 0.1) is 0 Å². The molecule has 0 radical (unpaired) electrons. The van der Waals surface area contributed by atoms with E-state index < -0.39 is 15.4 Å². The number of benzene rings is 1. The van der Waals surface area contributed by atoms with Crippen molar-refractivity contribution in [2.45, 2.75) is 50.1 Å². The van der Waals surface area contributed by atoms with Crippen molar-refractivity contribution < 1.29 is 13.2 Å². The van der Waals surface area contributed by atoms with Gasteiger partial charge in [-0.05, 0) is 37.7 Å². The van der Waals surface area contributed by atoms with Crippen LogP contribution in [0.4, 0.5) is 0 Å². The zero-order chi connectivity index (χ0) is 21.8. The van der Waals surface area contributed by atoms with Crippen LogP contribution in [0.5, 0.6) is 0 Å². The van der Waals surface area contributed by atoms with Crippen molar-refractivity contribution in [2.24, 2.45) is 0 Å². The Morgan fingerprint density at radius 3 is 2.61 bits per heavy atom. The maximum atomic E-state index is 13.6. The maximum absolute atomic E-state index is 13.6. The second-order valence-corrected chi connectivity index (χ2v) is 10.8. The molecule has 31 heavy (non-hydrogen) atoms. The van der Waals surface area contributed by atoms with Gasteiger partial charge in [-0.2, -0.15) is 4.31 Å². The Labute approximate surface area is 181 Å². The number of carbonyl (C=O) groups excluding carboxylic acids is 1. The molecular formula is C22H26N4O4S. The third kappa shape index (κ3) is 3.49. The Kier molecular flexibility index (Phi) is 4.78. The van der Waals surface area contributed by atoms with Crippen molar-refractivity contribution in [2.75, 3.05) is 19.3 Å². The first-order valence-electron chi connectivity index (χ1n) is 10.7. The molecule has 9 heteroatoms. The zero-order valence-electron chi connectivity index (χ0n) is 17.5. The smallest absolute Gasteiger partial charge is 0.254 e. The number of amides is 1. The number of likely N-dealkylation sites (tertiary alicyclic amines) is 1. The second-order valence-electron chi connectivity index (χ2n) is 8.83. The number of sulfonamides is 1. The molecule has 2 fully saturated rings. The van der Waals surface area contributed by atoms with Crippen molar-refractivity contribution in [3.63, 3.8) is 0 Å². The standard InChI is InChI=1S/C22H26N4O4S/c1-31(29,30)25-13-9-16-17(14-25)23-19(24-20(16)27)18-8-5-12-26(18)21(28)22(10-11-22)15-6-3-2-4-7-15/h2-4,6-7,18H,5,8-14H2,1H3,(H,23,24,27)/t18-/m1/s1. The lowest BCUT2D eigenvalue weighted by molar-refractivity contribution is -0.135. The van der Waals surface area contributed by atoms with E-state index in [0.717, 1.165) is 31.2 Å². The number of aromatic amines is 1. The van der Waals surface area contributed by atoms with Gasteiger partial charge in [0.05, 0.1) is 30.0 Å². The Balaban J connectivity index is 1.46. The van der Waals surface area contributed by atoms with Gasteiger partial charge in [-0.1, -0.05) is 30.3 Å². The molecule has 1 aromatic carbocycles. The first-order valence-corrected chi connectivity index (χ1v) is 12.6. The molecule has 0 bridgehead atoms. The van der Waals surface area contributed by atoms with Crippen LogP contribution >= 0.6 is 0 Å². The van der Waals surface area contributed by atoms with Crippen LogP contribution < -0.4 is 5.56 Å². The van der Waals surface area contributed by atoms with E-state index in [2.05, 4.69) is 9.97 Å². The molecule has 1 saturated carbocycles. The fourth-order valence-electron chi connectivity index (χ4n) is 4.95. The van der Waals surface area contributed by atoms with Gasteiger partial charge < -0.3 is 9.88 Å². The molecule has 3 aliphatic rings. The Bertz CT molecular complexity index is 1190. The summed E-state index contributed by atoms with van der Waals surface area (Å²) in [4.78, 5) is 35.8. The monoisotopic (exact) mass is 442 g/mol. The van der Waals surface area contributed by atoms with E-state index >= 15 is 0 Å². The normalized spacial score (nSPS) is 22.9. The van der Waals surface area contributed by atoms with E-state index in [1.165, 1.54) is 10.6 Å². The van der Waals surface area contributed by atoms with Crippen molar-refractivity contribution in [1.82, 2.24) is 19.2 Å². The first kappa shape index (κ1) is 20.4. The van der Waals surface area contributed by atoms with Gasteiger partial charge in [-0.15, -0.1) is 0 Å². The predicted octanol–water partition coefficient (Wildman–Crippen LogP) is 1.48. The van der Waals surface area contributed by atoms with E-state index in [0.29, 0.717) is 30.0 Å². The summed E-state index contributed by atoms with van der Waals surface area (Å²) in [5, 5.41) is 0. The molecule has 164 valence electrons. The highest BCUT2D eigenvalue weighted by Gasteiger charge is 2.54. The molecular weight excluding hydrogens is 416 g/mol. The van der Waals surface area contributed by atoms with Crippen LogP contribution in [-0.2, 0) is 33.2 Å². The van der Waals surface area contributed by atoms with Crippen LogP contribution in [0.3, 0.4) is 0 Å². The summed E-state index contributed by atoms with van der Waals surface area (Å²) < 4.78 is 25.3. The number of nitrogens with one attached hydrogen (secondary N) is 1. The van der Waals surface area contributed by atoms with Gasteiger partial charge in [0.1, 0.15) is 5.82 Å². The molecule has 1 saturated heterocycles.